The van der Waals surface area contributed by atoms with Gasteiger partial charge in [-0.1, -0.05) is 6.07 Å². The average molecular weight is 223 g/mol. The lowest BCUT2D eigenvalue weighted by atomic mass is 10.2. The van der Waals surface area contributed by atoms with Gasteiger partial charge < -0.3 is 10.2 Å². The van der Waals surface area contributed by atoms with Gasteiger partial charge in [0.1, 0.15) is 0 Å². The minimum Gasteiger partial charge on any atom is -0.358 e. The van der Waals surface area contributed by atoms with E-state index >= 15 is 0 Å². The zero-order valence-corrected chi connectivity index (χ0v) is 9.76. The minimum atomic E-state index is -0.592. The second-order valence-corrected chi connectivity index (χ2v) is 4.78. The van der Waals surface area contributed by atoms with Gasteiger partial charge in [0.15, 0.2) is 11.5 Å². The van der Waals surface area contributed by atoms with E-state index in [1.807, 2.05) is 38.5 Å². The monoisotopic (exact) mass is 223 g/mol. The van der Waals surface area contributed by atoms with Crippen molar-refractivity contribution in [2.45, 2.75) is 12.6 Å². The molecule has 5 heteroatoms. The second-order valence-electron chi connectivity index (χ2n) is 3.83. The Labute approximate surface area is 92.6 Å². The molecular weight excluding hydrogens is 210 g/mol. The van der Waals surface area contributed by atoms with Crippen molar-refractivity contribution in [1.82, 2.24) is 10.2 Å². The molecule has 1 atom stereocenters. The van der Waals surface area contributed by atoms with Crippen molar-refractivity contribution < 1.29 is 4.79 Å². The lowest BCUT2D eigenvalue weighted by Crippen LogP contribution is -2.38. The second kappa shape index (κ2) is 3.34. The van der Waals surface area contributed by atoms with Crippen LogP contribution in [0.1, 0.15) is 11.8 Å². The predicted molar refractivity (Wildman–Crippen MR) is 60.9 cm³/mol. The van der Waals surface area contributed by atoms with Crippen molar-refractivity contribution >= 4 is 23.1 Å². The summed E-state index contributed by atoms with van der Waals surface area (Å²) < 4.78 is 0. The average Bonchev–Trinajstić information content (AvgIpc) is 2.73. The first kappa shape index (κ1) is 10.2. The van der Waals surface area contributed by atoms with Gasteiger partial charge in [-0.3, -0.25) is 4.79 Å². The van der Waals surface area contributed by atoms with E-state index in [4.69, 9.17) is 0 Å². The Balaban J connectivity index is 2.38. The highest BCUT2D eigenvalue weighted by atomic mass is 32.1. The van der Waals surface area contributed by atoms with Gasteiger partial charge in [-0.2, -0.15) is 0 Å². The van der Waals surface area contributed by atoms with Crippen LogP contribution in [0.2, 0.25) is 0 Å². The maximum Gasteiger partial charge on any atom is 0.288 e. The molecule has 0 fully saturated rings. The fourth-order valence-corrected chi connectivity index (χ4v) is 2.33. The lowest BCUT2D eigenvalue weighted by molar-refractivity contribution is -0.115. The number of carbonyl (C=O) groups excluding carboxylic acids is 1. The molecule has 1 aliphatic rings. The van der Waals surface area contributed by atoms with Crippen LogP contribution in [0.3, 0.4) is 0 Å². The smallest absolute Gasteiger partial charge is 0.288 e. The summed E-state index contributed by atoms with van der Waals surface area (Å²) in [4.78, 5) is 18.9. The Kier molecular flexibility index (Phi) is 2.26. The number of amidine groups is 1. The predicted octanol–water partition coefficient (Wildman–Crippen LogP) is 1.01. The van der Waals surface area contributed by atoms with E-state index in [0.29, 0.717) is 5.84 Å². The number of hydrogen-bond donors (Lipinski definition) is 1. The first-order chi connectivity index (χ1) is 7.03. The molecule has 15 heavy (non-hydrogen) atoms. The van der Waals surface area contributed by atoms with Crippen LogP contribution >= 0.6 is 11.3 Å². The third kappa shape index (κ3) is 1.63. The lowest BCUT2D eigenvalue weighted by Gasteiger charge is -2.18. The van der Waals surface area contributed by atoms with Crippen LogP contribution in [0, 0.1) is 0 Å². The van der Waals surface area contributed by atoms with E-state index in [-0.39, 0.29) is 5.91 Å². The number of carbonyl (C=O) groups is 1. The minimum absolute atomic E-state index is 0.115. The van der Waals surface area contributed by atoms with Gasteiger partial charge in [0.2, 0.25) is 0 Å². The highest BCUT2D eigenvalue weighted by molar-refractivity contribution is 7.10. The maximum absolute atomic E-state index is 11.6. The van der Waals surface area contributed by atoms with Gasteiger partial charge in [-0.25, -0.2) is 4.99 Å². The normalized spacial score (nSPS) is 25.0. The highest BCUT2D eigenvalue weighted by Gasteiger charge is 2.38. The number of rotatable bonds is 1. The van der Waals surface area contributed by atoms with Crippen molar-refractivity contribution in [2.75, 3.05) is 14.1 Å². The molecule has 1 aromatic heterocycles. The van der Waals surface area contributed by atoms with Gasteiger partial charge in [0.25, 0.3) is 5.91 Å². The first-order valence-corrected chi connectivity index (χ1v) is 5.54. The van der Waals surface area contributed by atoms with Gasteiger partial charge in [0.05, 0.1) is 4.88 Å². The standard InChI is InChI=1S/C10H13N3OS/c1-10(7-5-4-6-15-7)11-8(13(2)3)9(14)12-10/h4-6H,1-3H3,(H,12,14). The summed E-state index contributed by atoms with van der Waals surface area (Å²) in [6.07, 6.45) is 0. The van der Waals surface area contributed by atoms with E-state index in [1.54, 1.807) is 16.2 Å². The molecule has 1 aromatic rings. The van der Waals surface area contributed by atoms with Crippen LogP contribution in [-0.2, 0) is 10.5 Å². The fourth-order valence-electron chi connectivity index (χ4n) is 1.54. The summed E-state index contributed by atoms with van der Waals surface area (Å²) >= 11 is 1.59. The Bertz CT molecular complexity index is 410. The van der Waals surface area contributed by atoms with Crippen molar-refractivity contribution in [3.63, 3.8) is 0 Å². The van der Waals surface area contributed by atoms with Gasteiger partial charge in [-0.15, -0.1) is 11.3 Å². The molecule has 0 saturated carbocycles. The highest BCUT2D eigenvalue weighted by Crippen LogP contribution is 2.29. The molecule has 4 nitrogen and oxygen atoms in total. The molecule has 0 bridgehead atoms. The zero-order chi connectivity index (χ0) is 11.1. The van der Waals surface area contributed by atoms with Gasteiger partial charge >= 0.3 is 0 Å². The fraction of sp³-hybridized carbons (Fsp3) is 0.400. The molecule has 1 unspecified atom stereocenters. The SMILES string of the molecule is CN(C)C1=NC(C)(c2cccs2)NC1=O. The summed E-state index contributed by atoms with van der Waals surface area (Å²) in [5, 5.41) is 4.87. The zero-order valence-electron chi connectivity index (χ0n) is 8.94. The van der Waals surface area contributed by atoms with E-state index < -0.39 is 5.66 Å². The molecule has 0 aromatic carbocycles. The molecule has 0 saturated heterocycles. The maximum atomic E-state index is 11.6. The summed E-state index contributed by atoms with van der Waals surface area (Å²) in [6.45, 7) is 1.91. The van der Waals surface area contributed by atoms with E-state index in [0.717, 1.165) is 4.88 Å². The van der Waals surface area contributed by atoms with E-state index in [1.165, 1.54) is 0 Å². The summed E-state index contributed by atoms with van der Waals surface area (Å²) in [7, 11) is 3.64. The van der Waals surface area contributed by atoms with Crippen molar-refractivity contribution in [3.05, 3.63) is 22.4 Å². The largest absolute Gasteiger partial charge is 0.358 e. The van der Waals surface area contributed by atoms with Crippen LogP contribution in [0.4, 0.5) is 0 Å². The third-order valence-corrected chi connectivity index (χ3v) is 3.39. The molecule has 2 heterocycles. The molecule has 1 amide bonds. The summed E-state index contributed by atoms with van der Waals surface area (Å²) in [5.41, 5.74) is -0.592. The Morgan fingerprint density at radius 2 is 2.27 bits per heavy atom. The van der Waals surface area contributed by atoms with Crippen LogP contribution < -0.4 is 5.32 Å². The van der Waals surface area contributed by atoms with Crippen molar-refractivity contribution in [3.8, 4) is 0 Å². The van der Waals surface area contributed by atoms with Crippen LogP contribution in [0.15, 0.2) is 22.5 Å². The molecule has 0 radical (unpaired) electrons. The van der Waals surface area contributed by atoms with Crippen LogP contribution in [0.5, 0.6) is 0 Å². The molecule has 2 rings (SSSR count). The first-order valence-electron chi connectivity index (χ1n) is 4.66. The topological polar surface area (TPSA) is 44.7 Å². The van der Waals surface area contributed by atoms with Crippen LogP contribution in [-0.4, -0.2) is 30.7 Å². The van der Waals surface area contributed by atoms with Crippen molar-refractivity contribution in [1.29, 1.82) is 0 Å². The van der Waals surface area contributed by atoms with Crippen LogP contribution in [0.25, 0.3) is 0 Å². The quantitative estimate of drug-likeness (QED) is 0.772. The number of nitrogens with one attached hydrogen (secondary N) is 1. The number of amides is 1. The summed E-state index contributed by atoms with van der Waals surface area (Å²) in [6, 6.07) is 3.94. The Hall–Kier alpha value is -1.36. The van der Waals surface area contributed by atoms with E-state index in [2.05, 4.69) is 10.3 Å². The molecule has 1 N–H and O–H groups in total. The van der Waals surface area contributed by atoms with E-state index in [9.17, 15) is 4.79 Å². The van der Waals surface area contributed by atoms with Gasteiger partial charge in [-0.05, 0) is 18.4 Å². The molecule has 0 spiro atoms. The number of hydrogen-bond acceptors (Lipinski definition) is 4. The number of likely N-dealkylation sites (N-methyl/N-ethyl adjacent to an activating group) is 1. The molecule has 80 valence electrons. The number of nitrogens with zero attached hydrogens (tertiary/aromatic N) is 2. The third-order valence-electron chi connectivity index (χ3n) is 2.31. The Morgan fingerprint density at radius 1 is 1.53 bits per heavy atom. The molecule has 1 aliphatic heterocycles. The number of aliphatic imine (C=N–C) groups is 1. The Morgan fingerprint density at radius 3 is 2.73 bits per heavy atom. The van der Waals surface area contributed by atoms with Gasteiger partial charge in [0, 0.05) is 14.1 Å². The number of thiophene rings is 1. The van der Waals surface area contributed by atoms with Crippen molar-refractivity contribution in [2.24, 2.45) is 4.99 Å². The molecule has 0 aliphatic carbocycles. The molecular formula is C10H13N3OS. The summed E-state index contributed by atoms with van der Waals surface area (Å²) in [5.74, 6) is 0.363.